The lowest BCUT2D eigenvalue weighted by atomic mass is 9.98. The summed E-state index contributed by atoms with van der Waals surface area (Å²) in [6.07, 6.45) is 0.00901. The van der Waals surface area contributed by atoms with Crippen molar-refractivity contribution >= 4 is 11.6 Å². The van der Waals surface area contributed by atoms with E-state index in [0.717, 1.165) is 12.1 Å². The Morgan fingerprint density at radius 3 is 2.43 bits per heavy atom. The van der Waals surface area contributed by atoms with Crippen molar-refractivity contribution in [3.05, 3.63) is 69.8 Å². The molecule has 0 aromatic heterocycles. The average molecular weight is 319 g/mol. The highest BCUT2D eigenvalue weighted by Crippen LogP contribution is 2.27. The first-order chi connectivity index (χ1) is 9.93. The van der Waals surface area contributed by atoms with E-state index in [0.29, 0.717) is 5.56 Å². The Kier molecular flexibility index (Phi) is 4.82. The third-order valence-corrected chi connectivity index (χ3v) is 3.44. The number of hydrazine groups is 1. The lowest BCUT2D eigenvalue weighted by Gasteiger charge is -2.18. The van der Waals surface area contributed by atoms with Crippen molar-refractivity contribution in [1.82, 2.24) is 5.43 Å². The van der Waals surface area contributed by atoms with Gasteiger partial charge in [0.25, 0.3) is 0 Å². The molecular weight excluding hydrogens is 308 g/mol. The molecule has 0 aliphatic rings. The molecule has 7 heteroatoms. The summed E-state index contributed by atoms with van der Waals surface area (Å²) in [6.45, 7) is 0. The van der Waals surface area contributed by atoms with Crippen LogP contribution in [0.3, 0.4) is 0 Å². The van der Waals surface area contributed by atoms with Crippen molar-refractivity contribution in [2.24, 2.45) is 5.84 Å². The van der Waals surface area contributed by atoms with Crippen LogP contribution in [-0.4, -0.2) is 0 Å². The fourth-order valence-corrected chi connectivity index (χ4v) is 2.18. The molecule has 0 aliphatic heterocycles. The third kappa shape index (κ3) is 3.34. The van der Waals surface area contributed by atoms with Crippen molar-refractivity contribution in [2.45, 2.75) is 12.5 Å². The Balaban J connectivity index is 2.37. The smallest absolute Gasteiger partial charge is 0.194 e. The number of nitrogens with one attached hydrogen (secondary N) is 1. The average Bonchev–Trinajstić information content (AvgIpc) is 2.46. The van der Waals surface area contributed by atoms with Crippen LogP contribution in [0.5, 0.6) is 0 Å². The van der Waals surface area contributed by atoms with Gasteiger partial charge in [-0.2, -0.15) is 0 Å². The predicted molar refractivity (Wildman–Crippen MR) is 71.5 cm³/mol. The van der Waals surface area contributed by atoms with Gasteiger partial charge in [0, 0.05) is 10.6 Å². The molecule has 0 spiro atoms. The van der Waals surface area contributed by atoms with Crippen LogP contribution in [0.15, 0.2) is 30.3 Å². The minimum Gasteiger partial charge on any atom is -0.271 e. The Labute approximate surface area is 123 Å². The molecule has 0 radical (unpaired) electrons. The lowest BCUT2D eigenvalue weighted by molar-refractivity contribution is 0.424. The molecule has 2 aromatic rings. The van der Waals surface area contributed by atoms with E-state index in [2.05, 4.69) is 5.43 Å². The van der Waals surface area contributed by atoms with Gasteiger partial charge in [0.15, 0.2) is 17.5 Å². The van der Waals surface area contributed by atoms with Gasteiger partial charge in [0.05, 0.1) is 6.04 Å². The van der Waals surface area contributed by atoms with Crippen LogP contribution < -0.4 is 11.3 Å². The van der Waals surface area contributed by atoms with E-state index in [1.54, 1.807) is 0 Å². The molecule has 0 saturated carbocycles. The zero-order valence-corrected chi connectivity index (χ0v) is 11.4. The first-order valence-corrected chi connectivity index (χ1v) is 6.35. The predicted octanol–water partition coefficient (Wildman–Crippen LogP) is 3.64. The number of benzene rings is 2. The molecule has 0 aliphatic carbocycles. The van der Waals surface area contributed by atoms with Crippen molar-refractivity contribution in [3.63, 3.8) is 0 Å². The molecule has 0 heterocycles. The van der Waals surface area contributed by atoms with E-state index in [-0.39, 0.29) is 17.0 Å². The summed E-state index contributed by atoms with van der Waals surface area (Å²) in [5.41, 5.74) is 2.49. The molecule has 1 atom stereocenters. The van der Waals surface area contributed by atoms with E-state index in [1.165, 1.54) is 18.2 Å². The second kappa shape index (κ2) is 6.43. The van der Waals surface area contributed by atoms with E-state index in [4.69, 9.17) is 17.4 Å². The monoisotopic (exact) mass is 318 g/mol. The van der Waals surface area contributed by atoms with E-state index in [9.17, 15) is 17.6 Å². The summed E-state index contributed by atoms with van der Waals surface area (Å²) in [4.78, 5) is 0. The highest BCUT2D eigenvalue weighted by Gasteiger charge is 2.21. The molecule has 0 amide bonds. The number of nitrogens with two attached hydrogens (primary N) is 1. The maximum atomic E-state index is 13.8. The van der Waals surface area contributed by atoms with Crippen LogP contribution in [0.2, 0.25) is 5.02 Å². The van der Waals surface area contributed by atoms with Crippen molar-refractivity contribution in [3.8, 4) is 0 Å². The van der Waals surface area contributed by atoms with Crippen LogP contribution in [0.25, 0.3) is 0 Å². The fourth-order valence-electron chi connectivity index (χ4n) is 1.99. The molecule has 2 rings (SSSR count). The second-order valence-electron chi connectivity index (χ2n) is 4.42. The summed E-state index contributed by atoms with van der Waals surface area (Å²) in [6, 6.07) is 4.68. The lowest BCUT2D eigenvalue weighted by Crippen LogP contribution is -2.30. The van der Waals surface area contributed by atoms with E-state index >= 15 is 0 Å². The Hall–Kier alpha value is -1.63. The van der Waals surface area contributed by atoms with Crippen molar-refractivity contribution in [1.29, 1.82) is 0 Å². The molecule has 0 saturated heterocycles. The maximum absolute atomic E-state index is 13.8. The van der Waals surface area contributed by atoms with Gasteiger partial charge in [-0.1, -0.05) is 17.7 Å². The molecule has 112 valence electrons. The SMILES string of the molecule is NNC(Cc1cc(F)ccc1Cl)c1ccc(F)c(F)c1F. The zero-order valence-electron chi connectivity index (χ0n) is 10.6. The van der Waals surface area contributed by atoms with Crippen LogP contribution >= 0.6 is 11.6 Å². The third-order valence-electron chi connectivity index (χ3n) is 3.07. The van der Waals surface area contributed by atoms with Crippen molar-refractivity contribution in [2.75, 3.05) is 0 Å². The topological polar surface area (TPSA) is 38.0 Å². The summed E-state index contributed by atoms with van der Waals surface area (Å²) >= 11 is 5.92. The van der Waals surface area contributed by atoms with E-state index in [1.807, 2.05) is 0 Å². The highest BCUT2D eigenvalue weighted by atomic mass is 35.5. The quantitative estimate of drug-likeness (QED) is 0.391. The fraction of sp³-hybridized carbons (Fsp3) is 0.143. The minimum atomic E-state index is -1.59. The Morgan fingerprint density at radius 2 is 1.76 bits per heavy atom. The van der Waals surface area contributed by atoms with Crippen molar-refractivity contribution < 1.29 is 17.6 Å². The van der Waals surface area contributed by atoms with Crippen LogP contribution in [0.4, 0.5) is 17.6 Å². The molecule has 0 fully saturated rings. The van der Waals surface area contributed by atoms with E-state index < -0.39 is 29.3 Å². The summed E-state index contributed by atoms with van der Waals surface area (Å²) in [5, 5.41) is 0.264. The van der Waals surface area contributed by atoms with Gasteiger partial charge < -0.3 is 0 Å². The number of halogens is 5. The standard InChI is InChI=1S/C14H11ClF4N2/c15-10-3-1-8(16)5-7(10)6-12(21-20)9-2-4-11(17)14(19)13(9)18/h1-5,12,21H,6,20H2. The molecule has 0 bridgehead atoms. The van der Waals surface area contributed by atoms with Crippen LogP contribution in [-0.2, 0) is 6.42 Å². The second-order valence-corrected chi connectivity index (χ2v) is 4.83. The number of hydrogen-bond acceptors (Lipinski definition) is 2. The van der Waals surface area contributed by atoms with Gasteiger partial charge in [-0.25, -0.2) is 17.6 Å². The summed E-state index contributed by atoms with van der Waals surface area (Å²) in [5.74, 6) is 0.588. The molecule has 21 heavy (non-hydrogen) atoms. The Morgan fingerprint density at radius 1 is 1.05 bits per heavy atom. The van der Waals surface area contributed by atoms with Crippen LogP contribution in [0.1, 0.15) is 17.2 Å². The van der Waals surface area contributed by atoms with Gasteiger partial charge in [0.2, 0.25) is 0 Å². The highest BCUT2D eigenvalue weighted by molar-refractivity contribution is 6.31. The number of rotatable bonds is 4. The van der Waals surface area contributed by atoms with Gasteiger partial charge in [-0.15, -0.1) is 0 Å². The molecule has 3 N–H and O–H groups in total. The largest absolute Gasteiger partial charge is 0.271 e. The van der Waals surface area contributed by atoms with Crippen LogP contribution in [0, 0.1) is 23.3 Å². The first-order valence-electron chi connectivity index (χ1n) is 5.97. The summed E-state index contributed by atoms with van der Waals surface area (Å²) in [7, 11) is 0. The maximum Gasteiger partial charge on any atom is 0.194 e. The zero-order chi connectivity index (χ0) is 15.6. The Bertz CT molecular complexity index is 664. The normalized spacial score (nSPS) is 12.5. The number of hydrogen-bond donors (Lipinski definition) is 2. The first kappa shape index (κ1) is 15.8. The molecular formula is C14H11ClF4N2. The molecule has 1 unspecified atom stereocenters. The molecule has 2 nitrogen and oxygen atoms in total. The van der Waals surface area contributed by atoms with Gasteiger partial charge in [-0.3, -0.25) is 11.3 Å². The summed E-state index contributed by atoms with van der Waals surface area (Å²) < 4.78 is 53.2. The van der Waals surface area contributed by atoms with Gasteiger partial charge >= 0.3 is 0 Å². The minimum absolute atomic E-state index is 0.00901. The van der Waals surface area contributed by atoms with Gasteiger partial charge in [-0.05, 0) is 36.2 Å². The van der Waals surface area contributed by atoms with Gasteiger partial charge in [0.1, 0.15) is 5.82 Å². The molecule has 2 aromatic carbocycles.